The number of carbonyl (C=O) groups excluding carboxylic acids is 2. The van der Waals surface area contributed by atoms with Gasteiger partial charge in [-0.15, -0.1) is 0 Å². The van der Waals surface area contributed by atoms with Crippen LogP contribution in [0.4, 0.5) is 5.13 Å². The van der Waals surface area contributed by atoms with Crippen molar-refractivity contribution in [2.45, 2.75) is 0 Å². The first-order valence-electron chi connectivity index (χ1n) is 7.37. The van der Waals surface area contributed by atoms with Crippen LogP contribution in [0.5, 0.6) is 0 Å². The van der Waals surface area contributed by atoms with Crippen LogP contribution < -0.4 is 10.6 Å². The summed E-state index contributed by atoms with van der Waals surface area (Å²) in [7, 11) is 0. The molecule has 0 aliphatic heterocycles. The topological polar surface area (TPSA) is 71.1 Å². The standard InChI is InChI=1S/C18H15N3O2S/c22-16(11-10-13-6-2-1-3-7-13)19-12-17(23)21-18-20-14-8-4-5-9-15(14)24-18/h1-11H,12H2,(H,19,22)(H,20,21,23). The zero-order chi connectivity index (χ0) is 16.8. The number of amides is 2. The van der Waals surface area contributed by atoms with E-state index in [0.717, 1.165) is 15.8 Å². The predicted molar refractivity (Wildman–Crippen MR) is 96.7 cm³/mol. The van der Waals surface area contributed by atoms with E-state index < -0.39 is 0 Å². The molecule has 3 aromatic rings. The van der Waals surface area contributed by atoms with E-state index in [1.54, 1.807) is 6.08 Å². The molecule has 2 aromatic carbocycles. The van der Waals surface area contributed by atoms with Crippen LogP contribution in [0.1, 0.15) is 5.56 Å². The van der Waals surface area contributed by atoms with Crippen molar-refractivity contribution < 1.29 is 9.59 Å². The number of nitrogens with zero attached hydrogens (tertiary/aromatic N) is 1. The zero-order valence-corrected chi connectivity index (χ0v) is 13.5. The predicted octanol–water partition coefficient (Wildman–Crippen LogP) is 3.06. The van der Waals surface area contributed by atoms with Crippen LogP contribution in [-0.4, -0.2) is 23.3 Å². The Morgan fingerprint density at radius 1 is 1.04 bits per heavy atom. The number of benzene rings is 2. The molecule has 0 aliphatic carbocycles. The third kappa shape index (κ3) is 4.27. The van der Waals surface area contributed by atoms with Crippen molar-refractivity contribution in [2.24, 2.45) is 0 Å². The molecular formula is C18H15N3O2S. The first kappa shape index (κ1) is 15.9. The molecule has 0 aliphatic rings. The van der Waals surface area contributed by atoms with Gasteiger partial charge in [0.2, 0.25) is 11.8 Å². The highest BCUT2D eigenvalue weighted by Crippen LogP contribution is 2.25. The minimum absolute atomic E-state index is 0.103. The summed E-state index contributed by atoms with van der Waals surface area (Å²) in [5, 5.41) is 5.76. The van der Waals surface area contributed by atoms with E-state index in [1.807, 2.05) is 54.6 Å². The molecule has 0 saturated heterocycles. The molecular weight excluding hydrogens is 322 g/mol. The molecule has 1 heterocycles. The third-order valence-electron chi connectivity index (χ3n) is 3.19. The SMILES string of the molecule is O=C(C=Cc1ccccc1)NCC(=O)Nc1nc2ccccc2s1. The highest BCUT2D eigenvalue weighted by atomic mass is 32.1. The first-order chi connectivity index (χ1) is 11.7. The molecule has 1 aromatic heterocycles. The average molecular weight is 337 g/mol. The van der Waals surface area contributed by atoms with Crippen LogP contribution in [0, 0.1) is 0 Å². The molecule has 0 saturated carbocycles. The summed E-state index contributed by atoms with van der Waals surface area (Å²) >= 11 is 1.40. The van der Waals surface area contributed by atoms with Crippen molar-refractivity contribution in [3.05, 3.63) is 66.2 Å². The van der Waals surface area contributed by atoms with E-state index in [-0.39, 0.29) is 18.4 Å². The van der Waals surface area contributed by atoms with Crippen molar-refractivity contribution >= 4 is 44.6 Å². The van der Waals surface area contributed by atoms with E-state index in [9.17, 15) is 9.59 Å². The molecule has 120 valence electrons. The molecule has 3 rings (SSSR count). The van der Waals surface area contributed by atoms with E-state index in [0.29, 0.717) is 5.13 Å². The second kappa shape index (κ2) is 7.52. The van der Waals surface area contributed by atoms with Gasteiger partial charge in [-0.3, -0.25) is 9.59 Å². The summed E-state index contributed by atoms with van der Waals surface area (Å²) in [6.45, 7) is -0.103. The fourth-order valence-corrected chi connectivity index (χ4v) is 2.93. The molecule has 2 N–H and O–H groups in total. The van der Waals surface area contributed by atoms with Gasteiger partial charge in [0, 0.05) is 6.08 Å². The van der Waals surface area contributed by atoms with Crippen LogP contribution in [-0.2, 0) is 9.59 Å². The number of nitrogens with one attached hydrogen (secondary N) is 2. The highest BCUT2D eigenvalue weighted by molar-refractivity contribution is 7.22. The number of fused-ring (bicyclic) bond motifs is 1. The fourth-order valence-electron chi connectivity index (χ4n) is 2.05. The number of rotatable bonds is 5. The molecule has 0 atom stereocenters. The molecule has 0 bridgehead atoms. The summed E-state index contributed by atoms with van der Waals surface area (Å²) in [4.78, 5) is 27.9. The van der Waals surface area contributed by atoms with Gasteiger partial charge in [-0.1, -0.05) is 53.8 Å². The summed E-state index contributed by atoms with van der Waals surface area (Å²) in [6.07, 6.45) is 3.10. The van der Waals surface area contributed by atoms with E-state index in [1.165, 1.54) is 17.4 Å². The van der Waals surface area contributed by atoms with Gasteiger partial charge in [0.05, 0.1) is 16.8 Å². The number of para-hydroxylation sites is 1. The maximum absolute atomic E-state index is 11.9. The Morgan fingerprint density at radius 2 is 1.79 bits per heavy atom. The van der Waals surface area contributed by atoms with Crippen LogP contribution in [0.3, 0.4) is 0 Å². The van der Waals surface area contributed by atoms with Gasteiger partial charge in [-0.05, 0) is 23.8 Å². The van der Waals surface area contributed by atoms with Crippen molar-refractivity contribution in [3.63, 3.8) is 0 Å². The Morgan fingerprint density at radius 3 is 2.58 bits per heavy atom. The summed E-state index contributed by atoms with van der Waals surface area (Å²) in [5.41, 5.74) is 1.76. The van der Waals surface area contributed by atoms with Crippen LogP contribution in [0.15, 0.2) is 60.7 Å². The van der Waals surface area contributed by atoms with Gasteiger partial charge in [0.1, 0.15) is 0 Å². The summed E-state index contributed by atoms with van der Waals surface area (Å²) in [6, 6.07) is 17.1. The van der Waals surface area contributed by atoms with Crippen molar-refractivity contribution in [1.29, 1.82) is 0 Å². The Bertz CT molecular complexity index is 854. The molecule has 0 spiro atoms. The molecule has 0 unspecified atom stereocenters. The van der Waals surface area contributed by atoms with Crippen molar-refractivity contribution in [2.75, 3.05) is 11.9 Å². The smallest absolute Gasteiger partial charge is 0.245 e. The molecule has 0 fully saturated rings. The Labute approximate surface area is 143 Å². The van der Waals surface area contributed by atoms with Crippen LogP contribution in [0.2, 0.25) is 0 Å². The number of aromatic nitrogens is 1. The van der Waals surface area contributed by atoms with Gasteiger partial charge in [0.25, 0.3) is 0 Å². The third-order valence-corrected chi connectivity index (χ3v) is 4.14. The van der Waals surface area contributed by atoms with Gasteiger partial charge < -0.3 is 10.6 Å². The molecule has 24 heavy (non-hydrogen) atoms. The van der Waals surface area contributed by atoms with Gasteiger partial charge >= 0.3 is 0 Å². The Balaban J connectivity index is 1.50. The second-order valence-corrected chi connectivity index (χ2v) is 6.03. The maximum Gasteiger partial charge on any atom is 0.245 e. The molecule has 2 amide bonds. The number of carbonyl (C=O) groups is 2. The van der Waals surface area contributed by atoms with Gasteiger partial charge in [0.15, 0.2) is 5.13 Å². The fraction of sp³-hybridized carbons (Fsp3) is 0.0556. The molecule has 6 heteroatoms. The van der Waals surface area contributed by atoms with Crippen molar-refractivity contribution in [1.82, 2.24) is 10.3 Å². The number of hydrogen-bond acceptors (Lipinski definition) is 4. The second-order valence-electron chi connectivity index (χ2n) is 5.00. The molecule has 0 radical (unpaired) electrons. The van der Waals surface area contributed by atoms with Gasteiger partial charge in [-0.25, -0.2) is 4.98 Å². The van der Waals surface area contributed by atoms with Crippen LogP contribution >= 0.6 is 11.3 Å². The molecule has 5 nitrogen and oxygen atoms in total. The van der Waals surface area contributed by atoms with Crippen molar-refractivity contribution in [3.8, 4) is 0 Å². The zero-order valence-electron chi connectivity index (χ0n) is 12.7. The lowest BCUT2D eigenvalue weighted by Gasteiger charge is -2.02. The monoisotopic (exact) mass is 337 g/mol. The maximum atomic E-state index is 11.9. The summed E-state index contributed by atoms with van der Waals surface area (Å²) < 4.78 is 1.00. The quantitative estimate of drug-likeness (QED) is 0.703. The average Bonchev–Trinajstić information content (AvgIpc) is 3.01. The summed E-state index contributed by atoms with van der Waals surface area (Å²) in [5.74, 6) is -0.631. The van der Waals surface area contributed by atoms with E-state index >= 15 is 0 Å². The lowest BCUT2D eigenvalue weighted by atomic mass is 10.2. The minimum Gasteiger partial charge on any atom is -0.343 e. The van der Waals surface area contributed by atoms with E-state index in [2.05, 4.69) is 15.6 Å². The minimum atomic E-state index is -0.321. The normalized spacial score (nSPS) is 10.8. The lowest BCUT2D eigenvalue weighted by molar-refractivity contribution is -0.121. The lowest BCUT2D eigenvalue weighted by Crippen LogP contribution is -2.31. The Hall–Kier alpha value is -2.99. The van der Waals surface area contributed by atoms with E-state index in [4.69, 9.17) is 0 Å². The highest BCUT2D eigenvalue weighted by Gasteiger charge is 2.08. The number of thiazole rings is 1. The number of anilines is 1. The van der Waals surface area contributed by atoms with Gasteiger partial charge in [-0.2, -0.15) is 0 Å². The Kier molecular flexibility index (Phi) is 4.98. The number of hydrogen-bond donors (Lipinski definition) is 2. The van der Waals surface area contributed by atoms with Crippen LogP contribution in [0.25, 0.3) is 16.3 Å². The largest absolute Gasteiger partial charge is 0.343 e. The first-order valence-corrected chi connectivity index (χ1v) is 8.19.